The predicted molar refractivity (Wildman–Crippen MR) is 103 cm³/mol. The average molecular weight is 398 g/mol. The molecule has 4 aliphatic rings. The molecule has 0 N–H and O–H groups in total. The highest BCUT2D eigenvalue weighted by Gasteiger charge is 2.61. The Balaban J connectivity index is 1.24. The lowest BCUT2D eigenvalue weighted by Crippen LogP contribution is -2.57. The number of nitrogens with zero attached hydrogens (tertiary/aromatic N) is 4. The average Bonchev–Trinajstić information content (AvgIpc) is 3.25. The Hall–Kier alpha value is -2.48. The zero-order valence-corrected chi connectivity index (χ0v) is 16.5. The molecule has 1 aromatic heterocycles. The van der Waals surface area contributed by atoms with Crippen molar-refractivity contribution in [1.82, 2.24) is 19.7 Å². The summed E-state index contributed by atoms with van der Waals surface area (Å²) in [7, 11) is 0. The van der Waals surface area contributed by atoms with Crippen molar-refractivity contribution in [3.8, 4) is 0 Å². The lowest BCUT2D eigenvalue weighted by atomic mass is 9.94. The Morgan fingerprint density at radius 2 is 1.86 bits per heavy atom. The van der Waals surface area contributed by atoms with Gasteiger partial charge in [0, 0.05) is 56.5 Å². The summed E-state index contributed by atoms with van der Waals surface area (Å²) in [6.45, 7) is 3.17. The van der Waals surface area contributed by atoms with Crippen LogP contribution in [-0.4, -0.2) is 82.0 Å². The molecule has 2 atom stereocenters. The monoisotopic (exact) mass is 398 g/mol. The SMILES string of the molecule is O=C(c1ccncc1)N1CCC(C(=O)N2CC[C@@]34OCCCN3C(=O)C[C@@H]24)CC1. The fourth-order valence-corrected chi connectivity index (χ4v) is 5.45. The predicted octanol–water partition coefficient (Wildman–Crippen LogP) is 0.884. The second-order valence-corrected chi connectivity index (χ2v) is 8.40. The minimum Gasteiger partial charge on any atom is -0.353 e. The van der Waals surface area contributed by atoms with Crippen LogP contribution in [0.4, 0.5) is 0 Å². The molecule has 0 aromatic carbocycles. The minimum atomic E-state index is -0.594. The molecule has 5 heterocycles. The minimum absolute atomic E-state index is 0.00828. The van der Waals surface area contributed by atoms with Crippen LogP contribution in [0.3, 0.4) is 0 Å². The lowest BCUT2D eigenvalue weighted by molar-refractivity contribution is -0.182. The van der Waals surface area contributed by atoms with Crippen molar-refractivity contribution in [2.75, 3.05) is 32.8 Å². The van der Waals surface area contributed by atoms with E-state index in [9.17, 15) is 14.4 Å². The van der Waals surface area contributed by atoms with Gasteiger partial charge < -0.3 is 19.4 Å². The molecule has 4 saturated heterocycles. The van der Waals surface area contributed by atoms with Gasteiger partial charge in [0.1, 0.15) is 0 Å². The van der Waals surface area contributed by atoms with E-state index in [4.69, 9.17) is 4.74 Å². The number of carbonyl (C=O) groups is 3. The topological polar surface area (TPSA) is 83.1 Å². The van der Waals surface area contributed by atoms with Crippen molar-refractivity contribution < 1.29 is 19.1 Å². The maximum absolute atomic E-state index is 13.3. The van der Waals surface area contributed by atoms with Gasteiger partial charge in [-0.1, -0.05) is 0 Å². The van der Waals surface area contributed by atoms with Gasteiger partial charge >= 0.3 is 0 Å². The number of amides is 3. The van der Waals surface area contributed by atoms with Crippen molar-refractivity contribution in [2.45, 2.75) is 43.9 Å². The Bertz CT molecular complexity index is 823. The highest BCUT2D eigenvalue weighted by Crippen LogP contribution is 2.45. The van der Waals surface area contributed by atoms with E-state index in [0.717, 1.165) is 13.0 Å². The molecule has 1 spiro atoms. The van der Waals surface area contributed by atoms with Gasteiger partial charge in [-0.15, -0.1) is 0 Å². The van der Waals surface area contributed by atoms with Crippen LogP contribution in [0.15, 0.2) is 24.5 Å². The highest BCUT2D eigenvalue weighted by atomic mass is 16.5. The number of ether oxygens (including phenoxy) is 1. The fourth-order valence-electron chi connectivity index (χ4n) is 5.45. The van der Waals surface area contributed by atoms with Gasteiger partial charge in [-0.2, -0.15) is 0 Å². The molecule has 154 valence electrons. The van der Waals surface area contributed by atoms with Gasteiger partial charge in [-0.25, -0.2) is 0 Å². The van der Waals surface area contributed by atoms with Crippen LogP contribution in [-0.2, 0) is 14.3 Å². The second-order valence-electron chi connectivity index (χ2n) is 8.40. The van der Waals surface area contributed by atoms with Crippen molar-refractivity contribution in [1.29, 1.82) is 0 Å². The van der Waals surface area contributed by atoms with Crippen LogP contribution < -0.4 is 0 Å². The zero-order chi connectivity index (χ0) is 20.0. The summed E-state index contributed by atoms with van der Waals surface area (Å²) in [6.07, 6.45) is 6.48. The summed E-state index contributed by atoms with van der Waals surface area (Å²) in [6, 6.07) is 3.27. The van der Waals surface area contributed by atoms with E-state index < -0.39 is 5.72 Å². The van der Waals surface area contributed by atoms with E-state index in [2.05, 4.69) is 4.98 Å². The van der Waals surface area contributed by atoms with E-state index >= 15 is 0 Å². The number of hydrogen-bond acceptors (Lipinski definition) is 5. The van der Waals surface area contributed by atoms with Crippen LogP contribution in [0.1, 0.15) is 42.5 Å². The van der Waals surface area contributed by atoms with E-state index in [1.165, 1.54) is 0 Å². The largest absolute Gasteiger partial charge is 0.353 e. The summed E-state index contributed by atoms with van der Waals surface area (Å²) in [4.78, 5) is 47.9. The Morgan fingerprint density at radius 3 is 2.62 bits per heavy atom. The fraction of sp³-hybridized carbons (Fsp3) is 0.619. The summed E-state index contributed by atoms with van der Waals surface area (Å²) in [5.74, 6) is 0.113. The van der Waals surface area contributed by atoms with E-state index in [1.807, 2.05) is 14.7 Å². The van der Waals surface area contributed by atoms with E-state index in [0.29, 0.717) is 57.5 Å². The molecule has 0 saturated carbocycles. The normalized spacial score (nSPS) is 29.7. The first-order valence-electron chi connectivity index (χ1n) is 10.5. The molecule has 8 heteroatoms. The van der Waals surface area contributed by atoms with E-state index in [1.54, 1.807) is 24.5 Å². The third-order valence-electron chi connectivity index (χ3n) is 6.95. The van der Waals surface area contributed by atoms with Crippen molar-refractivity contribution in [3.63, 3.8) is 0 Å². The standard InChI is InChI=1S/C21H26N4O4/c26-18-14-17-21(25(18)9-1-13-29-21)6-12-24(17)20(28)16-4-10-23(11-5-16)19(27)15-2-7-22-8-3-15/h2-3,7-8,16-17H,1,4-6,9-14H2/t17-,21+/m1/s1. The van der Waals surface area contributed by atoms with Gasteiger partial charge in [0.2, 0.25) is 11.8 Å². The number of hydrogen-bond donors (Lipinski definition) is 0. The number of aromatic nitrogens is 1. The van der Waals surface area contributed by atoms with Crippen molar-refractivity contribution in [2.24, 2.45) is 5.92 Å². The molecule has 5 rings (SSSR count). The van der Waals surface area contributed by atoms with Crippen LogP contribution in [0.25, 0.3) is 0 Å². The number of pyridine rings is 1. The van der Waals surface area contributed by atoms with Crippen LogP contribution in [0, 0.1) is 5.92 Å². The summed E-state index contributed by atoms with van der Waals surface area (Å²) >= 11 is 0. The maximum Gasteiger partial charge on any atom is 0.253 e. The Labute approximate surface area is 169 Å². The second kappa shape index (κ2) is 7.09. The quantitative estimate of drug-likeness (QED) is 0.739. The first-order chi connectivity index (χ1) is 14.1. The van der Waals surface area contributed by atoms with Crippen molar-refractivity contribution >= 4 is 17.7 Å². The maximum atomic E-state index is 13.3. The van der Waals surface area contributed by atoms with Gasteiger partial charge in [0.05, 0.1) is 19.1 Å². The van der Waals surface area contributed by atoms with Crippen LogP contribution >= 0.6 is 0 Å². The number of carbonyl (C=O) groups excluding carboxylic acids is 3. The summed E-state index contributed by atoms with van der Waals surface area (Å²) < 4.78 is 6.10. The molecule has 4 aliphatic heterocycles. The molecular weight excluding hydrogens is 372 g/mol. The third-order valence-corrected chi connectivity index (χ3v) is 6.95. The molecule has 0 bridgehead atoms. The van der Waals surface area contributed by atoms with Gasteiger partial charge in [-0.05, 0) is 31.4 Å². The van der Waals surface area contributed by atoms with Gasteiger partial charge in [-0.3, -0.25) is 19.4 Å². The number of piperidine rings is 1. The molecule has 0 aliphatic carbocycles. The smallest absolute Gasteiger partial charge is 0.253 e. The molecule has 8 nitrogen and oxygen atoms in total. The molecule has 0 radical (unpaired) electrons. The number of likely N-dealkylation sites (tertiary alicyclic amines) is 2. The molecule has 4 fully saturated rings. The van der Waals surface area contributed by atoms with Crippen LogP contribution in [0.2, 0.25) is 0 Å². The zero-order valence-electron chi connectivity index (χ0n) is 16.5. The van der Waals surface area contributed by atoms with Gasteiger partial charge in [0.25, 0.3) is 5.91 Å². The third kappa shape index (κ3) is 2.92. The molecular formula is C21H26N4O4. The first kappa shape index (κ1) is 18.5. The molecule has 3 amide bonds. The molecule has 0 unspecified atom stereocenters. The number of rotatable bonds is 2. The molecule has 29 heavy (non-hydrogen) atoms. The summed E-state index contributed by atoms with van der Waals surface area (Å²) in [5, 5.41) is 0. The van der Waals surface area contributed by atoms with Crippen LogP contribution in [0.5, 0.6) is 0 Å². The lowest BCUT2D eigenvalue weighted by Gasteiger charge is -2.42. The highest BCUT2D eigenvalue weighted by molar-refractivity contribution is 5.94. The van der Waals surface area contributed by atoms with E-state index in [-0.39, 0.29) is 29.7 Å². The van der Waals surface area contributed by atoms with Crippen molar-refractivity contribution in [3.05, 3.63) is 30.1 Å². The molecule has 1 aromatic rings. The first-order valence-corrected chi connectivity index (χ1v) is 10.5. The Kier molecular flexibility index (Phi) is 4.53. The summed E-state index contributed by atoms with van der Waals surface area (Å²) in [5.41, 5.74) is 0.0356. The Morgan fingerprint density at radius 1 is 1.10 bits per heavy atom. The van der Waals surface area contributed by atoms with Gasteiger partial charge in [0.15, 0.2) is 5.72 Å².